The fourth-order valence-corrected chi connectivity index (χ4v) is 2.25. The molecule has 2 rings (SSSR count). The summed E-state index contributed by atoms with van der Waals surface area (Å²) in [7, 11) is 1.59. The summed E-state index contributed by atoms with van der Waals surface area (Å²) in [6.45, 7) is -0.00855. The zero-order valence-corrected chi connectivity index (χ0v) is 11.3. The number of methoxy groups -OCH3 is 1. The maximum absolute atomic E-state index is 11.7. The minimum absolute atomic E-state index is 0.00855. The average Bonchev–Trinajstić information content (AvgIpc) is 2.79. The molecule has 0 spiro atoms. The number of benzene rings is 1. The van der Waals surface area contributed by atoms with Crippen LogP contribution in [0.4, 0.5) is 0 Å². The topological polar surface area (TPSA) is 55.8 Å². The molecular weight excluding hydrogens is 268 g/mol. The third-order valence-corrected chi connectivity index (χ3v) is 3.46. The molecule has 4 nitrogen and oxygen atoms in total. The number of carbonyl (C=O) groups is 1. The molecule has 102 valence electrons. The van der Waals surface area contributed by atoms with Crippen molar-refractivity contribution in [3.05, 3.63) is 35.4 Å². The fourth-order valence-electron chi connectivity index (χ4n) is 1.97. The van der Waals surface area contributed by atoms with Gasteiger partial charge in [0.25, 0.3) is 0 Å². The van der Waals surface area contributed by atoms with Crippen molar-refractivity contribution in [2.24, 2.45) is 0 Å². The summed E-state index contributed by atoms with van der Waals surface area (Å²) in [5.41, 5.74) is 1.21. The van der Waals surface area contributed by atoms with Crippen molar-refractivity contribution in [2.75, 3.05) is 13.7 Å². The van der Waals surface area contributed by atoms with Gasteiger partial charge in [0.2, 0.25) is 0 Å². The Morgan fingerprint density at radius 2 is 2.16 bits per heavy atom. The first kappa shape index (κ1) is 13.9. The van der Waals surface area contributed by atoms with Gasteiger partial charge in [0.05, 0.1) is 17.7 Å². The summed E-state index contributed by atoms with van der Waals surface area (Å²) in [6.07, 6.45) is 0.589. The third kappa shape index (κ3) is 3.08. The maximum atomic E-state index is 11.7. The predicted octanol–water partition coefficient (Wildman–Crippen LogP) is 2.34. The lowest BCUT2D eigenvalue weighted by Gasteiger charge is -2.04. The Morgan fingerprint density at radius 3 is 2.74 bits per heavy atom. The number of ether oxygens (including phenoxy) is 2. The quantitative estimate of drug-likeness (QED) is 0.680. The molecule has 0 aromatic heterocycles. The van der Waals surface area contributed by atoms with E-state index in [-0.39, 0.29) is 12.7 Å². The molecule has 0 saturated carbocycles. The van der Waals surface area contributed by atoms with Gasteiger partial charge in [-0.15, -0.1) is 0 Å². The predicted molar refractivity (Wildman–Crippen MR) is 72.0 cm³/mol. The largest absolute Gasteiger partial charge is 0.497 e. The molecule has 1 aromatic rings. The minimum Gasteiger partial charge on any atom is -0.497 e. The first-order valence-electron chi connectivity index (χ1n) is 6.00. The van der Waals surface area contributed by atoms with Gasteiger partial charge < -0.3 is 14.6 Å². The van der Waals surface area contributed by atoms with E-state index in [4.69, 9.17) is 26.2 Å². The van der Waals surface area contributed by atoms with E-state index in [2.05, 4.69) is 0 Å². The number of rotatable bonds is 4. The first-order valence-corrected chi connectivity index (χ1v) is 6.38. The summed E-state index contributed by atoms with van der Waals surface area (Å²) >= 11 is 6.24. The van der Waals surface area contributed by atoms with Crippen LogP contribution in [0.3, 0.4) is 0 Å². The molecule has 1 N–H and O–H groups in total. The Hall–Kier alpha value is -1.52. The van der Waals surface area contributed by atoms with Crippen LogP contribution in [0.15, 0.2) is 29.8 Å². The van der Waals surface area contributed by atoms with E-state index in [0.29, 0.717) is 23.4 Å². The number of aliphatic hydroxyl groups excluding tert-OH is 1. The van der Waals surface area contributed by atoms with Gasteiger partial charge in [0, 0.05) is 19.4 Å². The molecule has 19 heavy (non-hydrogen) atoms. The van der Waals surface area contributed by atoms with E-state index in [1.54, 1.807) is 31.4 Å². The van der Waals surface area contributed by atoms with Crippen molar-refractivity contribution in [1.82, 2.24) is 0 Å². The molecule has 1 aliphatic heterocycles. The van der Waals surface area contributed by atoms with Crippen LogP contribution in [-0.4, -0.2) is 30.9 Å². The molecule has 0 radical (unpaired) electrons. The number of hydrogen-bond donors (Lipinski definition) is 1. The lowest BCUT2D eigenvalue weighted by atomic mass is 10.1. The molecule has 5 heteroatoms. The Morgan fingerprint density at radius 1 is 1.47 bits per heavy atom. The van der Waals surface area contributed by atoms with Crippen LogP contribution in [0.2, 0.25) is 0 Å². The molecular formula is C14H15ClO4. The molecule has 0 aliphatic carbocycles. The lowest BCUT2D eigenvalue weighted by Crippen LogP contribution is -2.08. The van der Waals surface area contributed by atoms with Gasteiger partial charge >= 0.3 is 5.97 Å². The smallest absolute Gasteiger partial charge is 0.335 e. The van der Waals surface area contributed by atoms with Gasteiger partial charge in [0.1, 0.15) is 11.9 Å². The van der Waals surface area contributed by atoms with E-state index >= 15 is 0 Å². The van der Waals surface area contributed by atoms with Gasteiger partial charge in [-0.3, -0.25) is 0 Å². The van der Waals surface area contributed by atoms with Crippen LogP contribution >= 0.6 is 11.6 Å². The van der Waals surface area contributed by atoms with Crippen molar-refractivity contribution in [3.8, 4) is 5.75 Å². The van der Waals surface area contributed by atoms with Gasteiger partial charge in [-0.05, 0) is 29.8 Å². The number of cyclic esters (lactones) is 1. The summed E-state index contributed by atoms with van der Waals surface area (Å²) in [5, 5.41) is 9.25. The van der Waals surface area contributed by atoms with Crippen LogP contribution in [-0.2, 0) is 9.53 Å². The van der Waals surface area contributed by atoms with E-state index in [1.807, 2.05) is 0 Å². The SMILES string of the molecule is COc1ccc(/C(Cl)=C2\CC(CCO)OC2=O)cc1. The van der Waals surface area contributed by atoms with Gasteiger partial charge in [0.15, 0.2) is 0 Å². The molecule has 1 aliphatic rings. The van der Waals surface area contributed by atoms with Crippen LogP contribution in [0.1, 0.15) is 18.4 Å². The number of aliphatic hydroxyl groups is 1. The lowest BCUT2D eigenvalue weighted by molar-refractivity contribution is -0.139. The molecule has 1 aromatic carbocycles. The summed E-state index contributed by atoms with van der Waals surface area (Å²) < 4.78 is 10.2. The maximum Gasteiger partial charge on any atom is 0.335 e. The normalized spacial score (nSPS) is 21.2. The molecule has 1 atom stereocenters. The van der Waals surface area contributed by atoms with E-state index < -0.39 is 5.97 Å². The second kappa shape index (κ2) is 6.08. The molecule has 1 fully saturated rings. The van der Waals surface area contributed by atoms with Gasteiger partial charge in [-0.2, -0.15) is 0 Å². The van der Waals surface area contributed by atoms with Crippen molar-refractivity contribution < 1.29 is 19.4 Å². The van der Waals surface area contributed by atoms with E-state index in [0.717, 1.165) is 11.3 Å². The number of hydrogen-bond acceptors (Lipinski definition) is 4. The summed E-state index contributed by atoms with van der Waals surface area (Å²) in [4.78, 5) is 11.7. The highest BCUT2D eigenvalue weighted by molar-refractivity contribution is 6.51. The zero-order valence-electron chi connectivity index (χ0n) is 10.6. The van der Waals surface area contributed by atoms with E-state index in [9.17, 15) is 4.79 Å². The molecule has 1 saturated heterocycles. The highest BCUT2D eigenvalue weighted by atomic mass is 35.5. The minimum atomic E-state index is -0.403. The van der Waals surface area contributed by atoms with Gasteiger partial charge in [-0.1, -0.05) is 11.6 Å². The second-order valence-corrected chi connectivity index (χ2v) is 4.64. The van der Waals surface area contributed by atoms with Crippen LogP contribution in [0.5, 0.6) is 5.75 Å². The Kier molecular flexibility index (Phi) is 4.45. The van der Waals surface area contributed by atoms with Crippen molar-refractivity contribution in [2.45, 2.75) is 18.9 Å². The Balaban J connectivity index is 2.23. The zero-order chi connectivity index (χ0) is 13.8. The standard InChI is InChI=1S/C14H15ClO4/c1-18-10-4-2-9(3-5-10)13(15)12-8-11(6-7-16)19-14(12)17/h2-5,11,16H,6-8H2,1H3/b13-12-. The number of halogens is 1. The fraction of sp³-hybridized carbons (Fsp3) is 0.357. The molecule has 1 heterocycles. The average molecular weight is 283 g/mol. The van der Waals surface area contributed by atoms with Crippen LogP contribution < -0.4 is 4.74 Å². The molecule has 0 bridgehead atoms. The molecule has 1 unspecified atom stereocenters. The third-order valence-electron chi connectivity index (χ3n) is 3.01. The second-order valence-electron chi connectivity index (χ2n) is 4.26. The van der Waals surface area contributed by atoms with Crippen molar-refractivity contribution in [1.29, 1.82) is 0 Å². The van der Waals surface area contributed by atoms with E-state index in [1.165, 1.54) is 0 Å². The van der Waals surface area contributed by atoms with Gasteiger partial charge in [-0.25, -0.2) is 4.79 Å². The summed E-state index contributed by atoms with van der Waals surface area (Å²) in [5.74, 6) is 0.324. The summed E-state index contributed by atoms with van der Waals surface area (Å²) in [6, 6.07) is 7.15. The van der Waals surface area contributed by atoms with Crippen LogP contribution in [0.25, 0.3) is 5.03 Å². The monoisotopic (exact) mass is 282 g/mol. The Bertz CT molecular complexity index is 493. The van der Waals surface area contributed by atoms with Crippen molar-refractivity contribution in [3.63, 3.8) is 0 Å². The molecule has 0 amide bonds. The number of carbonyl (C=O) groups excluding carboxylic acids is 1. The highest BCUT2D eigenvalue weighted by Crippen LogP contribution is 2.33. The Labute approximate surface area is 116 Å². The first-order chi connectivity index (χ1) is 9.15. The number of esters is 1. The van der Waals surface area contributed by atoms with Crippen molar-refractivity contribution >= 4 is 22.6 Å². The van der Waals surface area contributed by atoms with Crippen LogP contribution in [0, 0.1) is 0 Å². The highest BCUT2D eigenvalue weighted by Gasteiger charge is 2.31.